The Morgan fingerprint density at radius 1 is 1.16 bits per heavy atom. The quantitative estimate of drug-likeness (QED) is 0.641. The fraction of sp³-hybridized carbons (Fsp3) is 0.316. The number of halogens is 1. The minimum absolute atomic E-state index is 0.123. The molecule has 0 saturated heterocycles. The second-order valence-corrected chi connectivity index (χ2v) is 5.86. The van der Waals surface area contributed by atoms with Crippen molar-refractivity contribution in [3.63, 3.8) is 0 Å². The van der Waals surface area contributed by atoms with Gasteiger partial charge in [0.15, 0.2) is 0 Å². The van der Waals surface area contributed by atoms with E-state index in [9.17, 15) is 4.79 Å². The van der Waals surface area contributed by atoms with E-state index >= 15 is 0 Å². The zero-order valence-electron chi connectivity index (χ0n) is 14.5. The van der Waals surface area contributed by atoms with Crippen LogP contribution in [0.1, 0.15) is 19.8 Å². The minimum Gasteiger partial charge on any atom is -0.495 e. The number of methoxy groups -OCH3 is 1. The SMILES string of the molecule is CCCCOc1ccccc1NCC(=O)Nc1ccc(OC)c(Cl)c1. The molecule has 5 nitrogen and oxygen atoms in total. The maximum absolute atomic E-state index is 12.1. The third-order valence-corrected chi connectivity index (χ3v) is 3.81. The van der Waals surface area contributed by atoms with E-state index in [0.29, 0.717) is 23.1 Å². The summed E-state index contributed by atoms with van der Waals surface area (Å²) in [4.78, 5) is 12.1. The molecular weight excluding hydrogens is 340 g/mol. The van der Waals surface area contributed by atoms with Crippen molar-refractivity contribution in [1.82, 2.24) is 0 Å². The average Bonchev–Trinajstić information content (AvgIpc) is 2.61. The second kappa shape index (κ2) is 9.79. The molecule has 0 saturated carbocycles. The van der Waals surface area contributed by atoms with Crippen LogP contribution in [0.4, 0.5) is 11.4 Å². The topological polar surface area (TPSA) is 59.6 Å². The first-order valence-electron chi connectivity index (χ1n) is 8.23. The van der Waals surface area contributed by atoms with Crippen molar-refractivity contribution in [2.75, 3.05) is 30.9 Å². The zero-order valence-corrected chi connectivity index (χ0v) is 15.2. The number of carbonyl (C=O) groups excluding carboxylic acids is 1. The largest absolute Gasteiger partial charge is 0.495 e. The van der Waals surface area contributed by atoms with Crippen molar-refractivity contribution >= 4 is 28.9 Å². The maximum Gasteiger partial charge on any atom is 0.243 e. The van der Waals surface area contributed by atoms with Gasteiger partial charge in [0.2, 0.25) is 5.91 Å². The Labute approximate surface area is 153 Å². The van der Waals surface area contributed by atoms with E-state index in [1.54, 1.807) is 25.3 Å². The summed E-state index contributed by atoms with van der Waals surface area (Å²) >= 11 is 6.06. The van der Waals surface area contributed by atoms with Gasteiger partial charge in [-0.05, 0) is 36.8 Å². The number of benzene rings is 2. The molecule has 0 unspecified atom stereocenters. The highest BCUT2D eigenvalue weighted by Gasteiger charge is 2.08. The van der Waals surface area contributed by atoms with E-state index < -0.39 is 0 Å². The Morgan fingerprint density at radius 3 is 2.68 bits per heavy atom. The molecule has 2 rings (SSSR count). The van der Waals surface area contributed by atoms with Crippen LogP contribution in [0.15, 0.2) is 42.5 Å². The van der Waals surface area contributed by atoms with Gasteiger partial charge in [0.05, 0.1) is 31.0 Å². The molecule has 0 heterocycles. The lowest BCUT2D eigenvalue weighted by Gasteiger charge is -2.13. The smallest absolute Gasteiger partial charge is 0.243 e. The van der Waals surface area contributed by atoms with Crippen molar-refractivity contribution in [3.05, 3.63) is 47.5 Å². The lowest BCUT2D eigenvalue weighted by atomic mass is 10.2. The van der Waals surface area contributed by atoms with Gasteiger partial charge in [-0.2, -0.15) is 0 Å². The van der Waals surface area contributed by atoms with Gasteiger partial charge in [-0.1, -0.05) is 37.1 Å². The molecule has 0 atom stereocenters. The fourth-order valence-electron chi connectivity index (χ4n) is 2.19. The highest BCUT2D eigenvalue weighted by atomic mass is 35.5. The number of hydrogen-bond donors (Lipinski definition) is 2. The third kappa shape index (κ3) is 5.87. The summed E-state index contributed by atoms with van der Waals surface area (Å²) in [5, 5.41) is 6.34. The Balaban J connectivity index is 1.90. The van der Waals surface area contributed by atoms with Crippen LogP contribution in [-0.2, 0) is 4.79 Å². The van der Waals surface area contributed by atoms with Gasteiger partial charge < -0.3 is 20.1 Å². The predicted octanol–water partition coefficient (Wildman–Crippen LogP) is 4.58. The van der Waals surface area contributed by atoms with Crippen LogP contribution in [-0.4, -0.2) is 26.2 Å². The van der Waals surface area contributed by atoms with E-state index in [-0.39, 0.29) is 12.5 Å². The predicted molar refractivity (Wildman–Crippen MR) is 102 cm³/mol. The Hall–Kier alpha value is -2.40. The van der Waals surface area contributed by atoms with Crippen molar-refractivity contribution in [1.29, 1.82) is 0 Å². The van der Waals surface area contributed by atoms with E-state index in [1.165, 1.54) is 0 Å². The molecule has 2 N–H and O–H groups in total. The molecule has 0 spiro atoms. The number of anilines is 2. The number of ether oxygens (including phenoxy) is 2. The lowest BCUT2D eigenvalue weighted by molar-refractivity contribution is -0.114. The standard InChI is InChI=1S/C19H23ClN2O3/c1-3-4-11-25-18-8-6-5-7-16(18)21-13-19(23)22-14-9-10-17(24-2)15(20)12-14/h5-10,12,21H,3-4,11,13H2,1-2H3,(H,22,23). The number of para-hydroxylation sites is 2. The van der Waals surface area contributed by atoms with E-state index in [1.807, 2.05) is 24.3 Å². The van der Waals surface area contributed by atoms with Gasteiger partial charge in [0.25, 0.3) is 0 Å². The summed E-state index contributed by atoms with van der Waals surface area (Å²) in [5.74, 6) is 1.14. The van der Waals surface area contributed by atoms with Gasteiger partial charge in [-0.15, -0.1) is 0 Å². The Kier molecular flexibility index (Phi) is 7.41. The van der Waals surface area contributed by atoms with Crippen LogP contribution in [0.3, 0.4) is 0 Å². The monoisotopic (exact) mass is 362 g/mol. The first-order chi connectivity index (χ1) is 12.1. The number of carbonyl (C=O) groups is 1. The molecule has 0 bridgehead atoms. The Bertz CT molecular complexity index is 707. The Morgan fingerprint density at radius 2 is 1.96 bits per heavy atom. The van der Waals surface area contributed by atoms with Crippen LogP contribution in [0.5, 0.6) is 11.5 Å². The van der Waals surface area contributed by atoms with Crippen LogP contribution in [0.25, 0.3) is 0 Å². The molecule has 1 amide bonds. The zero-order chi connectivity index (χ0) is 18.1. The molecule has 0 aromatic heterocycles. The lowest BCUT2D eigenvalue weighted by Crippen LogP contribution is -2.22. The van der Waals surface area contributed by atoms with Crippen LogP contribution >= 0.6 is 11.6 Å². The van der Waals surface area contributed by atoms with Crippen molar-refractivity contribution in [2.24, 2.45) is 0 Å². The van der Waals surface area contributed by atoms with E-state index in [4.69, 9.17) is 21.1 Å². The molecular formula is C19H23ClN2O3. The van der Waals surface area contributed by atoms with Crippen LogP contribution in [0, 0.1) is 0 Å². The molecule has 0 aliphatic carbocycles. The number of unbranched alkanes of at least 4 members (excludes halogenated alkanes) is 1. The number of nitrogens with one attached hydrogen (secondary N) is 2. The first kappa shape index (κ1) is 18.9. The molecule has 0 aliphatic rings. The number of hydrogen-bond acceptors (Lipinski definition) is 4. The average molecular weight is 363 g/mol. The molecule has 0 radical (unpaired) electrons. The van der Waals surface area contributed by atoms with Crippen LogP contribution < -0.4 is 20.1 Å². The second-order valence-electron chi connectivity index (χ2n) is 5.45. The summed E-state index contributed by atoms with van der Waals surface area (Å²) in [6, 6.07) is 12.7. The number of rotatable bonds is 9. The molecule has 2 aromatic rings. The van der Waals surface area contributed by atoms with Gasteiger partial charge in [0.1, 0.15) is 11.5 Å². The van der Waals surface area contributed by atoms with Crippen molar-refractivity contribution < 1.29 is 14.3 Å². The molecule has 25 heavy (non-hydrogen) atoms. The first-order valence-corrected chi connectivity index (χ1v) is 8.61. The summed E-state index contributed by atoms with van der Waals surface area (Å²) < 4.78 is 10.8. The molecule has 134 valence electrons. The summed E-state index contributed by atoms with van der Waals surface area (Å²) in [6.07, 6.45) is 2.06. The van der Waals surface area contributed by atoms with Gasteiger partial charge in [-0.3, -0.25) is 4.79 Å². The fourth-order valence-corrected chi connectivity index (χ4v) is 2.45. The van der Waals surface area contributed by atoms with E-state index in [2.05, 4.69) is 17.6 Å². The van der Waals surface area contributed by atoms with Crippen LogP contribution in [0.2, 0.25) is 5.02 Å². The van der Waals surface area contributed by atoms with E-state index in [0.717, 1.165) is 24.3 Å². The van der Waals surface area contributed by atoms with Crippen molar-refractivity contribution in [3.8, 4) is 11.5 Å². The summed E-state index contributed by atoms with van der Waals surface area (Å²) in [7, 11) is 1.55. The van der Waals surface area contributed by atoms with Gasteiger partial charge >= 0.3 is 0 Å². The third-order valence-electron chi connectivity index (χ3n) is 3.52. The highest BCUT2D eigenvalue weighted by Crippen LogP contribution is 2.27. The summed E-state index contributed by atoms with van der Waals surface area (Å²) in [5.41, 5.74) is 1.41. The number of amides is 1. The molecule has 6 heteroatoms. The maximum atomic E-state index is 12.1. The summed E-state index contributed by atoms with van der Waals surface area (Å²) in [6.45, 7) is 2.90. The van der Waals surface area contributed by atoms with Crippen molar-refractivity contribution in [2.45, 2.75) is 19.8 Å². The van der Waals surface area contributed by atoms with Gasteiger partial charge in [0, 0.05) is 5.69 Å². The highest BCUT2D eigenvalue weighted by molar-refractivity contribution is 6.32. The van der Waals surface area contributed by atoms with Gasteiger partial charge in [-0.25, -0.2) is 0 Å². The molecule has 0 aliphatic heterocycles. The normalized spacial score (nSPS) is 10.2. The minimum atomic E-state index is -0.176. The molecule has 2 aromatic carbocycles. The molecule has 0 fully saturated rings.